The van der Waals surface area contributed by atoms with Crippen molar-refractivity contribution in [1.82, 2.24) is 0 Å². The number of methoxy groups -OCH3 is 1. The van der Waals surface area contributed by atoms with Crippen molar-refractivity contribution in [3.05, 3.63) is 41.7 Å². The summed E-state index contributed by atoms with van der Waals surface area (Å²) in [4.78, 5) is 36.6. The lowest BCUT2D eigenvalue weighted by atomic mass is 9.70. The van der Waals surface area contributed by atoms with E-state index in [0.29, 0.717) is 11.3 Å². The summed E-state index contributed by atoms with van der Waals surface area (Å²) in [6, 6.07) is 6.47. The molecule has 0 amide bonds. The summed E-state index contributed by atoms with van der Waals surface area (Å²) in [5.74, 6) is -1.54. The average Bonchev–Trinajstić information content (AvgIpc) is 2.53. The van der Waals surface area contributed by atoms with E-state index < -0.39 is 29.1 Å². The molecule has 0 bridgehead atoms. The first-order valence-electron chi connectivity index (χ1n) is 8.05. The van der Waals surface area contributed by atoms with Gasteiger partial charge in [-0.15, -0.1) is 0 Å². The van der Waals surface area contributed by atoms with Crippen LogP contribution in [-0.2, 0) is 19.1 Å². The molecule has 25 heavy (non-hydrogen) atoms. The summed E-state index contributed by atoms with van der Waals surface area (Å²) < 4.78 is 15.4. The maximum absolute atomic E-state index is 12.4. The molecule has 0 N–H and O–H groups in total. The first-order chi connectivity index (χ1) is 11.8. The number of carbonyl (C=O) groups excluding carboxylic acids is 3. The third-order valence-corrected chi connectivity index (χ3v) is 4.07. The van der Waals surface area contributed by atoms with E-state index >= 15 is 0 Å². The van der Waals surface area contributed by atoms with Gasteiger partial charge < -0.3 is 14.2 Å². The molecule has 1 aromatic carbocycles. The third-order valence-electron chi connectivity index (χ3n) is 4.07. The number of rotatable bonds is 5. The summed E-state index contributed by atoms with van der Waals surface area (Å²) in [5, 5.41) is 0. The second-order valence-electron chi connectivity index (χ2n) is 6.48. The monoisotopic (exact) mass is 346 g/mol. The van der Waals surface area contributed by atoms with Crippen molar-refractivity contribution >= 4 is 17.7 Å². The van der Waals surface area contributed by atoms with Gasteiger partial charge in [0.2, 0.25) is 0 Å². The minimum Gasteiger partial charge on any atom is -0.497 e. The topological polar surface area (TPSA) is 78.9 Å². The fourth-order valence-corrected chi connectivity index (χ4v) is 2.86. The van der Waals surface area contributed by atoms with E-state index in [0.717, 1.165) is 0 Å². The maximum Gasteiger partial charge on any atom is 0.343 e. The van der Waals surface area contributed by atoms with E-state index in [1.54, 1.807) is 45.0 Å². The number of ether oxygens (including phenoxy) is 3. The van der Waals surface area contributed by atoms with Crippen LogP contribution in [0.25, 0.3) is 0 Å². The lowest BCUT2D eigenvalue weighted by molar-refractivity contribution is -0.156. The highest BCUT2D eigenvalue weighted by Gasteiger charge is 2.45. The Morgan fingerprint density at radius 1 is 1.20 bits per heavy atom. The second-order valence-corrected chi connectivity index (χ2v) is 6.48. The molecule has 2 rings (SSSR count). The Morgan fingerprint density at radius 3 is 2.36 bits per heavy atom. The molecule has 6 heteroatoms. The van der Waals surface area contributed by atoms with Crippen LogP contribution >= 0.6 is 0 Å². The molecule has 0 spiro atoms. The van der Waals surface area contributed by atoms with Gasteiger partial charge in [0, 0.05) is 12.5 Å². The Bertz CT molecular complexity index is 699. The number of hydrogen-bond acceptors (Lipinski definition) is 6. The number of ketones is 1. The fraction of sp³-hybridized carbons (Fsp3) is 0.421. The molecule has 0 aromatic heterocycles. The lowest BCUT2D eigenvalue weighted by Crippen LogP contribution is -2.41. The van der Waals surface area contributed by atoms with Crippen molar-refractivity contribution in [1.29, 1.82) is 0 Å². The summed E-state index contributed by atoms with van der Waals surface area (Å²) in [5.41, 5.74) is -0.354. The largest absolute Gasteiger partial charge is 0.497 e. The average molecular weight is 346 g/mol. The van der Waals surface area contributed by atoms with Crippen molar-refractivity contribution in [3.8, 4) is 5.75 Å². The molecule has 1 unspecified atom stereocenters. The zero-order chi connectivity index (χ0) is 18.6. The predicted octanol–water partition coefficient (Wildman–Crippen LogP) is 2.91. The minimum atomic E-state index is -0.893. The highest BCUT2D eigenvalue weighted by molar-refractivity contribution is 6.07. The zero-order valence-corrected chi connectivity index (χ0v) is 14.8. The van der Waals surface area contributed by atoms with Crippen LogP contribution in [0.3, 0.4) is 0 Å². The smallest absolute Gasteiger partial charge is 0.343 e. The molecule has 6 nitrogen and oxygen atoms in total. The van der Waals surface area contributed by atoms with Gasteiger partial charge in [-0.2, -0.15) is 0 Å². The normalized spacial score (nSPS) is 19.0. The number of carbonyl (C=O) groups is 3. The van der Waals surface area contributed by atoms with Crippen LogP contribution in [0.4, 0.5) is 0 Å². The molecular weight excluding hydrogens is 324 g/mol. The van der Waals surface area contributed by atoms with Crippen LogP contribution in [0, 0.1) is 11.3 Å². The van der Waals surface area contributed by atoms with Crippen LogP contribution in [-0.4, -0.2) is 31.4 Å². The summed E-state index contributed by atoms with van der Waals surface area (Å²) in [6.07, 6.45) is 1.50. The van der Waals surface area contributed by atoms with E-state index in [1.165, 1.54) is 13.2 Å². The van der Waals surface area contributed by atoms with Gasteiger partial charge in [-0.1, -0.05) is 13.8 Å². The van der Waals surface area contributed by atoms with Crippen LogP contribution in [0.15, 0.2) is 36.1 Å². The molecule has 0 saturated carbocycles. The van der Waals surface area contributed by atoms with E-state index in [2.05, 4.69) is 0 Å². The van der Waals surface area contributed by atoms with E-state index in [-0.39, 0.29) is 18.8 Å². The lowest BCUT2D eigenvalue weighted by Gasteiger charge is -2.34. The van der Waals surface area contributed by atoms with Crippen LogP contribution < -0.4 is 4.74 Å². The number of benzene rings is 1. The van der Waals surface area contributed by atoms with Crippen molar-refractivity contribution in [3.63, 3.8) is 0 Å². The molecule has 134 valence electrons. The maximum atomic E-state index is 12.4. The molecule has 0 heterocycles. The fourth-order valence-electron chi connectivity index (χ4n) is 2.86. The Morgan fingerprint density at radius 2 is 1.84 bits per heavy atom. The van der Waals surface area contributed by atoms with Gasteiger partial charge in [0.05, 0.1) is 19.3 Å². The standard InChI is InChI=1S/C19H22O6/c1-5-24-18(22)16-15(20)10-14(11-19(16,2)3)25-17(21)12-6-8-13(23-4)9-7-12/h6-10,16H,5,11H2,1-4H3. The van der Waals surface area contributed by atoms with Gasteiger partial charge in [-0.25, -0.2) is 4.79 Å². The van der Waals surface area contributed by atoms with Crippen molar-refractivity contribution in [2.24, 2.45) is 11.3 Å². The SMILES string of the molecule is CCOC(=O)C1C(=O)C=C(OC(=O)c2ccc(OC)cc2)CC1(C)C. The molecule has 0 radical (unpaired) electrons. The summed E-state index contributed by atoms with van der Waals surface area (Å²) in [6.45, 7) is 5.46. The van der Waals surface area contributed by atoms with Gasteiger partial charge in [0.15, 0.2) is 5.78 Å². The quantitative estimate of drug-likeness (QED) is 0.602. The van der Waals surface area contributed by atoms with Gasteiger partial charge >= 0.3 is 11.9 Å². The Labute approximate surface area is 146 Å². The molecule has 0 aliphatic heterocycles. The highest BCUT2D eigenvalue weighted by Crippen LogP contribution is 2.40. The van der Waals surface area contributed by atoms with Crippen molar-refractivity contribution in [2.75, 3.05) is 13.7 Å². The first kappa shape index (κ1) is 18.7. The highest BCUT2D eigenvalue weighted by atomic mass is 16.5. The van der Waals surface area contributed by atoms with E-state index in [4.69, 9.17) is 14.2 Å². The Kier molecular flexibility index (Phi) is 5.62. The van der Waals surface area contributed by atoms with Gasteiger partial charge in [0.1, 0.15) is 17.4 Å². The first-order valence-corrected chi connectivity index (χ1v) is 8.05. The molecule has 1 atom stereocenters. The second kappa shape index (κ2) is 7.51. The van der Waals surface area contributed by atoms with Gasteiger partial charge in [-0.05, 0) is 36.6 Å². The number of allylic oxidation sites excluding steroid dienone is 2. The number of esters is 2. The van der Waals surface area contributed by atoms with Gasteiger partial charge in [0.25, 0.3) is 0 Å². The van der Waals surface area contributed by atoms with Crippen LogP contribution in [0.2, 0.25) is 0 Å². The molecule has 1 aromatic rings. The molecule has 1 aliphatic carbocycles. The summed E-state index contributed by atoms with van der Waals surface area (Å²) >= 11 is 0. The molecule has 1 aliphatic rings. The number of hydrogen-bond donors (Lipinski definition) is 0. The Balaban J connectivity index is 2.15. The van der Waals surface area contributed by atoms with E-state index in [9.17, 15) is 14.4 Å². The van der Waals surface area contributed by atoms with Crippen molar-refractivity contribution in [2.45, 2.75) is 27.2 Å². The van der Waals surface area contributed by atoms with E-state index in [1.807, 2.05) is 0 Å². The Hall–Kier alpha value is -2.63. The zero-order valence-electron chi connectivity index (χ0n) is 14.8. The van der Waals surface area contributed by atoms with Crippen LogP contribution in [0.5, 0.6) is 5.75 Å². The van der Waals surface area contributed by atoms with Gasteiger partial charge in [-0.3, -0.25) is 9.59 Å². The molecule has 0 saturated heterocycles. The third kappa shape index (κ3) is 4.26. The van der Waals surface area contributed by atoms with Crippen molar-refractivity contribution < 1.29 is 28.6 Å². The summed E-state index contributed by atoms with van der Waals surface area (Å²) in [7, 11) is 1.54. The molecule has 0 fully saturated rings. The predicted molar refractivity (Wildman–Crippen MR) is 90.0 cm³/mol. The minimum absolute atomic E-state index is 0.210. The molecular formula is C19H22O6. The van der Waals surface area contributed by atoms with Crippen LogP contribution in [0.1, 0.15) is 37.6 Å².